The van der Waals surface area contributed by atoms with Gasteiger partial charge in [0, 0.05) is 19.1 Å². The summed E-state index contributed by atoms with van der Waals surface area (Å²) in [7, 11) is 0. The molecule has 1 saturated heterocycles. The number of rotatable bonds is 4. The maximum atomic E-state index is 5.62. The lowest BCUT2D eigenvalue weighted by molar-refractivity contribution is 0.104. The van der Waals surface area contributed by atoms with Crippen molar-refractivity contribution in [2.24, 2.45) is 0 Å². The van der Waals surface area contributed by atoms with Crippen LogP contribution in [0.2, 0.25) is 0 Å². The molecule has 16 heavy (non-hydrogen) atoms. The first kappa shape index (κ1) is 10.5. The average molecular weight is 239 g/mol. The van der Waals surface area contributed by atoms with Crippen LogP contribution in [-0.4, -0.2) is 27.5 Å². The molecule has 1 unspecified atom stereocenters. The summed E-state index contributed by atoms with van der Waals surface area (Å²) in [4.78, 5) is 0. The normalized spacial score (nSPS) is 25.1. The van der Waals surface area contributed by atoms with Crippen LogP contribution in [0.15, 0.2) is 0 Å². The van der Waals surface area contributed by atoms with Crippen LogP contribution in [-0.2, 0) is 11.2 Å². The molecule has 0 spiro atoms. The van der Waals surface area contributed by atoms with E-state index in [0.29, 0.717) is 12.1 Å². The third-order valence-corrected chi connectivity index (χ3v) is 3.69. The van der Waals surface area contributed by atoms with Gasteiger partial charge in [0.2, 0.25) is 0 Å². The molecule has 1 aromatic rings. The van der Waals surface area contributed by atoms with Crippen molar-refractivity contribution in [2.45, 2.75) is 50.7 Å². The van der Waals surface area contributed by atoms with Crippen LogP contribution < -0.4 is 0 Å². The van der Waals surface area contributed by atoms with Crippen molar-refractivity contribution >= 4 is 12.2 Å². The minimum Gasteiger partial charge on any atom is -0.378 e. The first-order chi connectivity index (χ1) is 7.84. The average Bonchev–Trinajstić information content (AvgIpc) is 2.85. The number of hydrogen-bond donors (Lipinski definition) is 1. The fourth-order valence-corrected chi connectivity index (χ4v) is 2.69. The molecule has 2 aliphatic rings. The van der Waals surface area contributed by atoms with Crippen LogP contribution in [0.25, 0.3) is 0 Å². The monoisotopic (exact) mass is 239 g/mol. The highest BCUT2D eigenvalue weighted by molar-refractivity contribution is 7.71. The lowest BCUT2D eigenvalue weighted by Gasteiger charge is -2.09. The van der Waals surface area contributed by atoms with E-state index in [4.69, 9.17) is 17.0 Å². The van der Waals surface area contributed by atoms with Crippen molar-refractivity contribution in [3.63, 3.8) is 0 Å². The fourth-order valence-electron chi connectivity index (χ4n) is 2.39. The number of aromatic nitrogens is 3. The smallest absolute Gasteiger partial charge is 0.195 e. The molecule has 2 fully saturated rings. The molecule has 3 rings (SSSR count). The zero-order valence-corrected chi connectivity index (χ0v) is 10.1. The number of ether oxygens (including phenoxy) is 1. The van der Waals surface area contributed by atoms with Gasteiger partial charge in [0.05, 0.1) is 6.10 Å². The maximum Gasteiger partial charge on any atom is 0.195 e. The first-order valence-electron chi connectivity index (χ1n) is 6.12. The van der Waals surface area contributed by atoms with Crippen LogP contribution >= 0.6 is 12.2 Å². The molecule has 5 heteroatoms. The SMILES string of the molecule is S=c1[nH]nc(CCC2CCCO2)n1C1CC1. The molecular weight excluding hydrogens is 222 g/mol. The van der Waals surface area contributed by atoms with Gasteiger partial charge in [0.25, 0.3) is 0 Å². The summed E-state index contributed by atoms with van der Waals surface area (Å²) < 4.78 is 8.61. The van der Waals surface area contributed by atoms with Gasteiger partial charge in [0.1, 0.15) is 5.82 Å². The number of H-pyrrole nitrogens is 1. The van der Waals surface area contributed by atoms with E-state index in [2.05, 4.69) is 14.8 Å². The quantitative estimate of drug-likeness (QED) is 0.820. The molecular formula is C11H17N3OS. The molecule has 1 aliphatic carbocycles. The molecule has 1 atom stereocenters. The summed E-state index contributed by atoms with van der Waals surface area (Å²) in [6.45, 7) is 0.931. The van der Waals surface area contributed by atoms with Crippen molar-refractivity contribution in [3.05, 3.63) is 10.6 Å². The summed E-state index contributed by atoms with van der Waals surface area (Å²) in [6.07, 6.45) is 7.41. The number of aryl methyl sites for hydroxylation is 1. The van der Waals surface area contributed by atoms with Crippen molar-refractivity contribution < 1.29 is 4.74 Å². The molecule has 4 nitrogen and oxygen atoms in total. The zero-order chi connectivity index (χ0) is 11.0. The van der Waals surface area contributed by atoms with E-state index in [1.165, 1.54) is 25.7 Å². The predicted molar refractivity (Wildman–Crippen MR) is 63.0 cm³/mol. The maximum absolute atomic E-state index is 5.62. The van der Waals surface area contributed by atoms with E-state index in [9.17, 15) is 0 Å². The second-order valence-corrected chi connectivity index (χ2v) is 5.11. The van der Waals surface area contributed by atoms with Gasteiger partial charge in [-0.1, -0.05) is 0 Å². The minimum absolute atomic E-state index is 0.443. The molecule has 2 heterocycles. The van der Waals surface area contributed by atoms with Gasteiger partial charge >= 0.3 is 0 Å². The van der Waals surface area contributed by atoms with E-state index in [1.54, 1.807) is 0 Å². The van der Waals surface area contributed by atoms with Gasteiger partial charge in [-0.15, -0.1) is 0 Å². The van der Waals surface area contributed by atoms with Crippen LogP contribution in [0.5, 0.6) is 0 Å². The lowest BCUT2D eigenvalue weighted by atomic mass is 10.1. The standard InChI is InChI=1S/C11H17N3OS/c16-11-13-12-10(14(11)8-3-4-8)6-5-9-2-1-7-15-9/h8-9H,1-7H2,(H,13,16). The molecule has 0 aromatic carbocycles. The Morgan fingerprint density at radius 2 is 2.31 bits per heavy atom. The van der Waals surface area contributed by atoms with Crippen LogP contribution in [0.4, 0.5) is 0 Å². The van der Waals surface area contributed by atoms with E-state index >= 15 is 0 Å². The number of hydrogen-bond acceptors (Lipinski definition) is 3. The van der Waals surface area contributed by atoms with Crippen molar-refractivity contribution in [3.8, 4) is 0 Å². The number of aromatic amines is 1. The fraction of sp³-hybridized carbons (Fsp3) is 0.818. The summed E-state index contributed by atoms with van der Waals surface area (Å²) in [5.41, 5.74) is 0. The van der Waals surface area contributed by atoms with Crippen LogP contribution in [0.1, 0.15) is 44.0 Å². The molecule has 1 saturated carbocycles. The largest absolute Gasteiger partial charge is 0.378 e. The Morgan fingerprint density at radius 3 is 3.00 bits per heavy atom. The second kappa shape index (κ2) is 4.30. The van der Waals surface area contributed by atoms with Gasteiger partial charge in [-0.2, -0.15) is 5.10 Å². The number of nitrogens with one attached hydrogen (secondary N) is 1. The van der Waals surface area contributed by atoms with E-state index in [-0.39, 0.29) is 0 Å². The summed E-state index contributed by atoms with van der Waals surface area (Å²) >= 11 is 5.25. The molecule has 1 N–H and O–H groups in total. The summed E-state index contributed by atoms with van der Waals surface area (Å²) in [5.74, 6) is 1.11. The predicted octanol–water partition coefficient (Wildman–Crippen LogP) is 2.39. The lowest BCUT2D eigenvalue weighted by Crippen LogP contribution is -2.09. The first-order valence-corrected chi connectivity index (χ1v) is 6.53. The zero-order valence-electron chi connectivity index (χ0n) is 9.32. The highest BCUT2D eigenvalue weighted by Crippen LogP contribution is 2.36. The Balaban J connectivity index is 1.66. The van der Waals surface area contributed by atoms with Gasteiger partial charge in [-0.3, -0.25) is 5.10 Å². The van der Waals surface area contributed by atoms with E-state index in [1.807, 2.05) is 0 Å². The van der Waals surface area contributed by atoms with E-state index < -0.39 is 0 Å². The molecule has 88 valence electrons. The highest BCUT2D eigenvalue weighted by atomic mass is 32.1. The van der Waals surface area contributed by atoms with E-state index in [0.717, 1.165) is 30.0 Å². The molecule has 0 radical (unpaired) electrons. The van der Waals surface area contributed by atoms with Gasteiger partial charge in [0.15, 0.2) is 4.77 Å². The van der Waals surface area contributed by atoms with Gasteiger partial charge in [-0.25, -0.2) is 0 Å². The van der Waals surface area contributed by atoms with Gasteiger partial charge < -0.3 is 9.30 Å². The third-order valence-electron chi connectivity index (χ3n) is 3.40. The Morgan fingerprint density at radius 1 is 1.44 bits per heavy atom. The van der Waals surface area contributed by atoms with Crippen molar-refractivity contribution in [2.75, 3.05) is 6.61 Å². The Hall–Kier alpha value is -0.680. The Labute approximate surface area is 100 Å². The highest BCUT2D eigenvalue weighted by Gasteiger charge is 2.27. The minimum atomic E-state index is 0.443. The Bertz CT molecular complexity index is 415. The van der Waals surface area contributed by atoms with Crippen molar-refractivity contribution in [1.29, 1.82) is 0 Å². The summed E-state index contributed by atoms with van der Waals surface area (Å²) in [5, 5.41) is 7.24. The van der Waals surface area contributed by atoms with Crippen molar-refractivity contribution in [1.82, 2.24) is 14.8 Å². The molecule has 1 aliphatic heterocycles. The molecule has 1 aromatic heterocycles. The molecule has 0 bridgehead atoms. The summed E-state index contributed by atoms with van der Waals surface area (Å²) in [6, 6.07) is 0.616. The third kappa shape index (κ3) is 2.06. The topological polar surface area (TPSA) is 42.8 Å². The number of nitrogens with zero attached hydrogens (tertiary/aromatic N) is 2. The van der Waals surface area contributed by atoms with Gasteiger partial charge in [-0.05, 0) is 44.3 Å². The van der Waals surface area contributed by atoms with Crippen LogP contribution in [0.3, 0.4) is 0 Å². The second-order valence-electron chi connectivity index (χ2n) is 4.72. The van der Waals surface area contributed by atoms with Crippen LogP contribution in [0, 0.1) is 4.77 Å². The molecule has 0 amide bonds. The Kier molecular flexibility index (Phi) is 2.81.